The van der Waals surface area contributed by atoms with Gasteiger partial charge in [-0.15, -0.1) is 0 Å². The first kappa shape index (κ1) is 19.9. The molecule has 25 heavy (non-hydrogen) atoms. The van der Waals surface area contributed by atoms with Gasteiger partial charge in [-0.3, -0.25) is 4.79 Å². The first-order valence-electron chi connectivity index (χ1n) is 7.25. The lowest BCUT2D eigenvalue weighted by atomic mass is 10.1. The number of hydrogen-bond acceptors (Lipinski definition) is 3. The molecule has 0 saturated carbocycles. The number of benzene rings is 2. The van der Waals surface area contributed by atoms with Crippen LogP contribution >= 0.6 is 54.5 Å². The fraction of sp³-hybridized carbons (Fsp3) is 0.111. The minimum atomic E-state index is -0.467. The van der Waals surface area contributed by atoms with Gasteiger partial charge in [0.2, 0.25) is 0 Å². The number of halogens is 3. The van der Waals surface area contributed by atoms with E-state index in [9.17, 15) is 10.1 Å². The van der Waals surface area contributed by atoms with Gasteiger partial charge in [0.15, 0.2) is 0 Å². The molecule has 0 aliphatic heterocycles. The number of hydrogen-bond donors (Lipinski definition) is 1. The second kappa shape index (κ2) is 9.36. The number of para-hydroxylation sites is 1. The standard InChI is InChI=1S/C18H13Br2IN2O2/c1-2-25-17-11(8-13(19)9-14(17)20)7-12(10-22)18(24)23-16-6-4-3-5-15(16)21/h3-9H,2H2,1H3,(H,23,24). The van der Waals surface area contributed by atoms with E-state index in [1.165, 1.54) is 6.08 Å². The van der Waals surface area contributed by atoms with Gasteiger partial charge in [0, 0.05) is 13.6 Å². The van der Waals surface area contributed by atoms with E-state index < -0.39 is 5.91 Å². The van der Waals surface area contributed by atoms with Crippen LogP contribution in [0.3, 0.4) is 0 Å². The second-order valence-corrected chi connectivity index (χ2v) is 7.77. The van der Waals surface area contributed by atoms with Crippen LogP contribution in [0.25, 0.3) is 6.08 Å². The molecule has 1 amide bonds. The van der Waals surface area contributed by atoms with Crippen molar-refractivity contribution in [3.8, 4) is 11.8 Å². The average molecular weight is 576 g/mol. The van der Waals surface area contributed by atoms with E-state index in [1.54, 1.807) is 12.1 Å². The van der Waals surface area contributed by atoms with Gasteiger partial charge in [-0.2, -0.15) is 5.26 Å². The number of nitrogens with zero attached hydrogens (tertiary/aromatic N) is 1. The number of anilines is 1. The molecule has 0 unspecified atom stereocenters. The Kier molecular flexibility index (Phi) is 7.47. The highest BCUT2D eigenvalue weighted by Crippen LogP contribution is 2.34. The lowest BCUT2D eigenvalue weighted by Crippen LogP contribution is -2.14. The van der Waals surface area contributed by atoms with Crippen LogP contribution in [0.2, 0.25) is 0 Å². The summed E-state index contributed by atoms with van der Waals surface area (Å²) >= 11 is 8.98. The van der Waals surface area contributed by atoms with Gasteiger partial charge in [0.1, 0.15) is 17.4 Å². The Morgan fingerprint density at radius 2 is 2.08 bits per heavy atom. The lowest BCUT2D eigenvalue weighted by Gasteiger charge is -2.11. The highest BCUT2D eigenvalue weighted by atomic mass is 127. The Morgan fingerprint density at radius 3 is 2.72 bits per heavy atom. The van der Waals surface area contributed by atoms with Crippen LogP contribution in [-0.2, 0) is 4.79 Å². The van der Waals surface area contributed by atoms with E-state index in [-0.39, 0.29) is 5.57 Å². The highest BCUT2D eigenvalue weighted by molar-refractivity contribution is 14.1. The van der Waals surface area contributed by atoms with E-state index in [2.05, 4.69) is 59.8 Å². The molecule has 0 aromatic heterocycles. The molecule has 0 bridgehead atoms. The van der Waals surface area contributed by atoms with Gasteiger partial charge in [-0.1, -0.05) is 28.1 Å². The van der Waals surface area contributed by atoms with Crippen molar-refractivity contribution in [2.75, 3.05) is 11.9 Å². The summed E-state index contributed by atoms with van der Waals surface area (Å²) in [5, 5.41) is 12.2. The molecule has 0 heterocycles. The zero-order valence-corrected chi connectivity index (χ0v) is 18.5. The number of nitrogens with one attached hydrogen (secondary N) is 1. The van der Waals surface area contributed by atoms with Gasteiger partial charge in [-0.05, 0) is 75.8 Å². The highest BCUT2D eigenvalue weighted by Gasteiger charge is 2.14. The molecule has 0 aliphatic rings. The molecular formula is C18H13Br2IN2O2. The van der Waals surface area contributed by atoms with Crippen molar-refractivity contribution in [2.45, 2.75) is 6.92 Å². The van der Waals surface area contributed by atoms with Gasteiger partial charge >= 0.3 is 0 Å². The first-order chi connectivity index (χ1) is 12.0. The molecule has 0 radical (unpaired) electrons. The minimum Gasteiger partial charge on any atom is -0.492 e. The van der Waals surface area contributed by atoms with E-state index in [4.69, 9.17) is 4.74 Å². The van der Waals surface area contributed by atoms with Crippen molar-refractivity contribution in [3.63, 3.8) is 0 Å². The van der Waals surface area contributed by atoms with E-state index in [1.807, 2.05) is 37.3 Å². The SMILES string of the molecule is CCOc1c(Br)cc(Br)cc1C=C(C#N)C(=O)Nc1ccccc1I. The minimum absolute atomic E-state index is 0.00870. The van der Waals surface area contributed by atoms with Gasteiger partial charge in [0.05, 0.1) is 16.8 Å². The second-order valence-electron chi connectivity index (χ2n) is 4.84. The van der Waals surface area contributed by atoms with Gasteiger partial charge < -0.3 is 10.1 Å². The monoisotopic (exact) mass is 574 g/mol. The van der Waals surface area contributed by atoms with Crippen LogP contribution in [0.5, 0.6) is 5.75 Å². The average Bonchev–Trinajstić information content (AvgIpc) is 2.57. The van der Waals surface area contributed by atoms with Crippen molar-refractivity contribution in [2.24, 2.45) is 0 Å². The number of rotatable bonds is 5. The summed E-state index contributed by atoms with van der Waals surface area (Å²) in [6.07, 6.45) is 1.52. The Balaban J connectivity index is 2.39. The smallest absolute Gasteiger partial charge is 0.266 e. The maximum absolute atomic E-state index is 12.5. The normalized spacial score (nSPS) is 10.9. The summed E-state index contributed by atoms with van der Waals surface area (Å²) in [5.74, 6) is 0.116. The number of nitriles is 1. The summed E-state index contributed by atoms with van der Waals surface area (Å²) < 4.78 is 8.08. The molecule has 0 fully saturated rings. The molecule has 2 rings (SSSR count). The number of amides is 1. The molecule has 4 nitrogen and oxygen atoms in total. The topological polar surface area (TPSA) is 62.1 Å². The Hall–Kier alpha value is -1.37. The molecule has 0 aliphatic carbocycles. The molecule has 7 heteroatoms. The Labute approximate surface area is 176 Å². The fourth-order valence-electron chi connectivity index (χ4n) is 2.04. The predicted molar refractivity (Wildman–Crippen MR) is 114 cm³/mol. The molecule has 128 valence electrons. The molecule has 0 spiro atoms. The van der Waals surface area contributed by atoms with Crippen LogP contribution < -0.4 is 10.1 Å². The van der Waals surface area contributed by atoms with E-state index in [0.717, 1.165) is 12.5 Å². The summed E-state index contributed by atoms with van der Waals surface area (Å²) in [6.45, 7) is 2.34. The van der Waals surface area contributed by atoms with Crippen molar-refractivity contribution in [3.05, 3.63) is 60.1 Å². The number of ether oxygens (including phenoxy) is 1. The van der Waals surface area contributed by atoms with Crippen molar-refractivity contribution < 1.29 is 9.53 Å². The zero-order chi connectivity index (χ0) is 18.4. The zero-order valence-electron chi connectivity index (χ0n) is 13.1. The predicted octanol–water partition coefficient (Wildman–Crippen LogP) is 5.76. The molecule has 0 atom stereocenters. The quantitative estimate of drug-likeness (QED) is 0.280. The van der Waals surface area contributed by atoms with Crippen LogP contribution in [0, 0.1) is 14.9 Å². The van der Waals surface area contributed by atoms with Crippen molar-refractivity contribution >= 4 is 72.1 Å². The maximum Gasteiger partial charge on any atom is 0.266 e. The van der Waals surface area contributed by atoms with E-state index >= 15 is 0 Å². The van der Waals surface area contributed by atoms with Gasteiger partial charge in [-0.25, -0.2) is 0 Å². The fourth-order valence-corrected chi connectivity index (χ4v) is 3.94. The third-order valence-electron chi connectivity index (χ3n) is 3.11. The molecular weight excluding hydrogens is 563 g/mol. The molecule has 2 aromatic carbocycles. The molecule has 2 aromatic rings. The number of carbonyl (C=O) groups is 1. The van der Waals surface area contributed by atoms with Crippen molar-refractivity contribution in [1.82, 2.24) is 0 Å². The Bertz CT molecular complexity index is 876. The van der Waals surface area contributed by atoms with Crippen LogP contribution in [0.15, 0.2) is 50.9 Å². The van der Waals surface area contributed by atoms with Crippen LogP contribution in [0.4, 0.5) is 5.69 Å². The lowest BCUT2D eigenvalue weighted by molar-refractivity contribution is -0.112. The third kappa shape index (κ3) is 5.30. The van der Waals surface area contributed by atoms with Crippen molar-refractivity contribution in [1.29, 1.82) is 5.26 Å². The largest absolute Gasteiger partial charge is 0.492 e. The first-order valence-corrected chi connectivity index (χ1v) is 9.92. The maximum atomic E-state index is 12.5. The number of carbonyl (C=O) groups excluding carboxylic acids is 1. The summed E-state index contributed by atoms with van der Waals surface area (Å²) in [5.41, 5.74) is 1.29. The summed E-state index contributed by atoms with van der Waals surface area (Å²) in [7, 11) is 0. The van der Waals surface area contributed by atoms with Crippen LogP contribution in [0.1, 0.15) is 12.5 Å². The summed E-state index contributed by atoms with van der Waals surface area (Å²) in [6, 6.07) is 13.0. The third-order valence-corrected chi connectivity index (χ3v) is 5.10. The molecule has 0 saturated heterocycles. The molecule has 1 N–H and O–H groups in total. The summed E-state index contributed by atoms with van der Waals surface area (Å²) in [4.78, 5) is 12.5. The van der Waals surface area contributed by atoms with Gasteiger partial charge in [0.25, 0.3) is 5.91 Å². The van der Waals surface area contributed by atoms with E-state index in [0.29, 0.717) is 23.6 Å². The Morgan fingerprint density at radius 1 is 1.36 bits per heavy atom. The van der Waals surface area contributed by atoms with Crippen LogP contribution in [-0.4, -0.2) is 12.5 Å².